The zero-order valence-corrected chi connectivity index (χ0v) is 14.5. The van der Waals surface area contributed by atoms with E-state index < -0.39 is 12.0 Å². The van der Waals surface area contributed by atoms with Crippen LogP contribution in [0.5, 0.6) is 0 Å². The average molecular weight is 411 g/mol. The van der Waals surface area contributed by atoms with Crippen LogP contribution in [-0.2, 0) is 20.9 Å². The van der Waals surface area contributed by atoms with Crippen LogP contribution >= 0.6 is 35.2 Å². The second-order valence-corrected chi connectivity index (χ2v) is 5.63. The molecule has 1 amide bonds. The maximum absolute atomic E-state index is 11.8. The van der Waals surface area contributed by atoms with Gasteiger partial charge in [0.25, 0.3) is 0 Å². The van der Waals surface area contributed by atoms with Crippen molar-refractivity contribution >= 4 is 47.1 Å². The molecule has 1 atom stereocenters. The molecule has 20 heavy (non-hydrogen) atoms. The number of hydrogen-bond donors (Lipinski definition) is 2. The highest BCUT2D eigenvalue weighted by Gasteiger charge is 2.20. The maximum Gasteiger partial charge on any atom is 0.329 e. The van der Waals surface area contributed by atoms with E-state index in [1.165, 1.54) is 0 Å². The van der Waals surface area contributed by atoms with E-state index >= 15 is 0 Å². The molecule has 0 radical (unpaired) electrons. The van der Waals surface area contributed by atoms with Crippen LogP contribution in [0.3, 0.4) is 0 Å². The summed E-state index contributed by atoms with van der Waals surface area (Å²) in [6.45, 7) is 4.42. The summed E-state index contributed by atoms with van der Waals surface area (Å²) in [6, 6.07) is -0.704. The predicted molar refractivity (Wildman–Crippen MR) is 86.7 cm³/mol. The lowest BCUT2D eigenvalue weighted by atomic mass is 10.3. The standard InChI is InChI=1S/C12H18IN3O3S/c1-3-19-12(18)10(7-20)15-11(17)4-5-16-8(2)9(13)6-14-16/h6,10,20H,3-5,7H2,1-2H3,(H,15,17)/t10-/m0/s1. The van der Waals surface area contributed by atoms with Gasteiger partial charge in [-0.1, -0.05) is 0 Å². The number of rotatable bonds is 7. The van der Waals surface area contributed by atoms with Crippen molar-refractivity contribution in [3.05, 3.63) is 15.5 Å². The van der Waals surface area contributed by atoms with Crippen LogP contribution in [0.15, 0.2) is 6.20 Å². The van der Waals surface area contributed by atoms with Crippen LogP contribution < -0.4 is 5.32 Å². The quantitative estimate of drug-likeness (QED) is 0.402. The Hall–Kier alpha value is -0.770. The Labute approximate surface area is 137 Å². The average Bonchev–Trinajstić information content (AvgIpc) is 2.74. The number of halogens is 1. The van der Waals surface area contributed by atoms with E-state index in [1.807, 2.05) is 6.92 Å². The topological polar surface area (TPSA) is 73.2 Å². The van der Waals surface area contributed by atoms with E-state index in [4.69, 9.17) is 4.74 Å². The number of amides is 1. The summed E-state index contributed by atoms with van der Waals surface area (Å²) in [6.07, 6.45) is 2.01. The molecule has 8 heteroatoms. The molecule has 1 N–H and O–H groups in total. The summed E-state index contributed by atoms with van der Waals surface area (Å²) in [5.41, 5.74) is 1.02. The van der Waals surface area contributed by atoms with E-state index in [0.717, 1.165) is 9.26 Å². The van der Waals surface area contributed by atoms with Crippen molar-refractivity contribution in [1.29, 1.82) is 0 Å². The monoisotopic (exact) mass is 411 g/mol. The van der Waals surface area contributed by atoms with E-state index in [-0.39, 0.29) is 24.7 Å². The molecule has 1 heterocycles. The summed E-state index contributed by atoms with van der Waals surface area (Å²) in [7, 11) is 0. The lowest BCUT2D eigenvalue weighted by molar-refractivity contribution is -0.146. The normalized spacial score (nSPS) is 12.0. The van der Waals surface area contributed by atoms with Gasteiger partial charge in [0.15, 0.2) is 0 Å². The smallest absolute Gasteiger partial charge is 0.329 e. The first-order valence-electron chi connectivity index (χ1n) is 6.24. The number of ether oxygens (including phenoxy) is 1. The molecule has 6 nitrogen and oxygen atoms in total. The van der Waals surface area contributed by atoms with Crippen LogP contribution in [-0.4, -0.2) is 40.1 Å². The van der Waals surface area contributed by atoms with Crippen LogP contribution in [0.1, 0.15) is 19.0 Å². The first-order chi connectivity index (χ1) is 9.49. The zero-order chi connectivity index (χ0) is 15.1. The van der Waals surface area contributed by atoms with Crippen LogP contribution in [0.2, 0.25) is 0 Å². The highest BCUT2D eigenvalue weighted by Crippen LogP contribution is 2.10. The van der Waals surface area contributed by atoms with Gasteiger partial charge in [-0.15, -0.1) is 0 Å². The maximum atomic E-state index is 11.8. The third-order valence-corrected chi connectivity index (χ3v) is 4.11. The molecule has 0 aliphatic carbocycles. The Morgan fingerprint density at radius 2 is 2.30 bits per heavy atom. The molecule has 1 aromatic heterocycles. The lowest BCUT2D eigenvalue weighted by Crippen LogP contribution is -2.43. The zero-order valence-electron chi connectivity index (χ0n) is 11.4. The first-order valence-corrected chi connectivity index (χ1v) is 7.95. The van der Waals surface area contributed by atoms with Crippen molar-refractivity contribution in [3.63, 3.8) is 0 Å². The van der Waals surface area contributed by atoms with E-state index in [1.54, 1.807) is 17.8 Å². The summed E-state index contributed by atoms with van der Waals surface area (Å²) >= 11 is 6.24. The second kappa shape index (κ2) is 8.50. The van der Waals surface area contributed by atoms with E-state index in [0.29, 0.717) is 6.54 Å². The number of aryl methyl sites for hydroxylation is 1. The number of nitrogens with zero attached hydrogens (tertiary/aromatic N) is 2. The van der Waals surface area contributed by atoms with Gasteiger partial charge in [-0.2, -0.15) is 17.7 Å². The molecular formula is C12H18IN3O3S. The predicted octanol–water partition coefficient (Wildman–Crippen LogP) is 1.16. The molecule has 0 aliphatic heterocycles. The van der Waals surface area contributed by atoms with E-state index in [9.17, 15) is 9.59 Å². The number of esters is 1. The fraction of sp³-hybridized carbons (Fsp3) is 0.583. The molecule has 0 aliphatic rings. The minimum Gasteiger partial charge on any atom is -0.464 e. The Balaban J connectivity index is 2.46. The summed E-state index contributed by atoms with van der Waals surface area (Å²) in [5.74, 6) is -0.466. The molecule has 0 unspecified atom stereocenters. The van der Waals surface area contributed by atoms with Crippen LogP contribution in [0.4, 0.5) is 0 Å². The molecule has 0 spiro atoms. The fourth-order valence-electron chi connectivity index (χ4n) is 1.55. The second-order valence-electron chi connectivity index (χ2n) is 4.11. The molecule has 0 saturated carbocycles. The third kappa shape index (κ3) is 4.97. The third-order valence-electron chi connectivity index (χ3n) is 2.68. The van der Waals surface area contributed by atoms with Crippen molar-refractivity contribution in [2.45, 2.75) is 32.9 Å². The van der Waals surface area contributed by atoms with Crippen molar-refractivity contribution < 1.29 is 14.3 Å². The van der Waals surface area contributed by atoms with Crippen molar-refractivity contribution in [3.8, 4) is 0 Å². The Bertz CT molecular complexity index is 479. The SMILES string of the molecule is CCOC(=O)[C@H](CS)NC(=O)CCn1ncc(I)c1C. The van der Waals surface area contributed by atoms with Crippen LogP contribution in [0, 0.1) is 10.5 Å². The first kappa shape index (κ1) is 17.3. The van der Waals surface area contributed by atoms with Crippen molar-refractivity contribution in [2.75, 3.05) is 12.4 Å². The largest absolute Gasteiger partial charge is 0.464 e. The molecule has 1 aromatic rings. The van der Waals surface area contributed by atoms with Gasteiger partial charge < -0.3 is 10.1 Å². The van der Waals surface area contributed by atoms with Gasteiger partial charge in [-0.05, 0) is 36.4 Å². The van der Waals surface area contributed by atoms with Crippen molar-refractivity contribution in [1.82, 2.24) is 15.1 Å². The molecule has 0 saturated heterocycles. The van der Waals surface area contributed by atoms with Gasteiger partial charge in [0.05, 0.1) is 16.4 Å². The summed E-state index contributed by atoms with van der Waals surface area (Å²) in [5, 5.41) is 6.79. The van der Waals surface area contributed by atoms with Crippen LogP contribution in [0.25, 0.3) is 0 Å². The Morgan fingerprint density at radius 1 is 1.60 bits per heavy atom. The van der Waals surface area contributed by atoms with E-state index in [2.05, 4.69) is 45.6 Å². The van der Waals surface area contributed by atoms with Gasteiger partial charge >= 0.3 is 5.97 Å². The number of hydrogen-bond acceptors (Lipinski definition) is 5. The summed E-state index contributed by atoms with van der Waals surface area (Å²) < 4.78 is 7.68. The number of nitrogens with one attached hydrogen (secondary N) is 1. The molecule has 1 rings (SSSR count). The molecule has 0 fully saturated rings. The molecule has 112 valence electrons. The van der Waals surface area contributed by atoms with Gasteiger partial charge in [-0.3, -0.25) is 9.48 Å². The number of aromatic nitrogens is 2. The Kier molecular flexibility index (Phi) is 7.35. The van der Waals surface area contributed by atoms with Gasteiger partial charge in [0, 0.05) is 24.4 Å². The molecular weight excluding hydrogens is 393 g/mol. The number of carbonyl (C=O) groups excluding carboxylic acids is 2. The highest BCUT2D eigenvalue weighted by molar-refractivity contribution is 14.1. The fourth-order valence-corrected chi connectivity index (χ4v) is 2.19. The van der Waals surface area contributed by atoms with Crippen molar-refractivity contribution in [2.24, 2.45) is 0 Å². The van der Waals surface area contributed by atoms with Gasteiger partial charge in [0.1, 0.15) is 6.04 Å². The minimum absolute atomic E-state index is 0.212. The van der Waals surface area contributed by atoms with Gasteiger partial charge in [0.2, 0.25) is 5.91 Å². The van der Waals surface area contributed by atoms with Gasteiger partial charge in [-0.25, -0.2) is 4.79 Å². The molecule has 0 bridgehead atoms. The number of thiol groups is 1. The lowest BCUT2D eigenvalue weighted by Gasteiger charge is -2.15. The summed E-state index contributed by atoms with van der Waals surface area (Å²) in [4.78, 5) is 23.4. The number of carbonyl (C=O) groups is 2. The highest BCUT2D eigenvalue weighted by atomic mass is 127. The Morgan fingerprint density at radius 3 is 2.80 bits per heavy atom. The molecule has 0 aromatic carbocycles. The minimum atomic E-state index is -0.704.